The predicted molar refractivity (Wildman–Crippen MR) is 123 cm³/mol. The number of guanidine groups is 1. The number of rotatable bonds is 11. The molecule has 0 aromatic heterocycles. The topological polar surface area (TPSA) is 78.0 Å². The number of hydrogen-bond donors (Lipinski definition) is 3. The van der Waals surface area contributed by atoms with Crippen molar-refractivity contribution < 1.29 is 9.53 Å². The van der Waals surface area contributed by atoms with Crippen molar-refractivity contribution in [2.75, 3.05) is 46.4 Å². The third-order valence-corrected chi connectivity index (χ3v) is 5.17. The van der Waals surface area contributed by atoms with E-state index in [9.17, 15) is 4.79 Å². The van der Waals surface area contributed by atoms with Gasteiger partial charge in [-0.1, -0.05) is 26.0 Å². The minimum Gasteiger partial charge on any atom is -0.494 e. The van der Waals surface area contributed by atoms with E-state index in [1.165, 1.54) is 5.56 Å². The van der Waals surface area contributed by atoms with Crippen LogP contribution >= 0.6 is 0 Å². The van der Waals surface area contributed by atoms with Crippen molar-refractivity contribution in [2.24, 2.45) is 4.99 Å². The van der Waals surface area contributed by atoms with E-state index in [0.29, 0.717) is 12.6 Å². The summed E-state index contributed by atoms with van der Waals surface area (Å²) in [6.45, 7) is 8.86. The largest absolute Gasteiger partial charge is 0.494 e. The van der Waals surface area contributed by atoms with Gasteiger partial charge in [-0.25, -0.2) is 0 Å². The van der Waals surface area contributed by atoms with Gasteiger partial charge >= 0.3 is 0 Å². The minimum absolute atomic E-state index is 0.130. The molecule has 1 aliphatic rings. The average molecular weight is 418 g/mol. The van der Waals surface area contributed by atoms with Gasteiger partial charge in [-0.15, -0.1) is 0 Å². The summed E-state index contributed by atoms with van der Waals surface area (Å²) < 4.78 is 5.71. The lowest BCUT2D eigenvalue weighted by Gasteiger charge is -2.32. The van der Waals surface area contributed by atoms with E-state index in [1.54, 1.807) is 0 Å². The number of benzene rings is 1. The molecule has 1 aliphatic heterocycles. The molecule has 1 fully saturated rings. The molecule has 0 unspecified atom stereocenters. The molecule has 1 saturated heterocycles. The highest BCUT2D eigenvalue weighted by atomic mass is 16.5. The Morgan fingerprint density at radius 3 is 2.67 bits per heavy atom. The Labute approximate surface area is 181 Å². The first-order valence-electron chi connectivity index (χ1n) is 11.3. The lowest BCUT2D eigenvalue weighted by Crippen LogP contribution is -2.50. The molecule has 3 N–H and O–H groups in total. The van der Waals surface area contributed by atoms with Crippen molar-refractivity contribution in [1.82, 2.24) is 20.9 Å². The first kappa shape index (κ1) is 24.0. The van der Waals surface area contributed by atoms with Gasteiger partial charge in [0, 0.05) is 39.3 Å². The van der Waals surface area contributed by atoms with E-state index >= 15 is 0 Å². The number of piperidine rings is 1. The van der Waals surface area contributed by atoms with E-state index in [-0.39, 0.29) is 5.91 Å². The van der Waals surface area contributed by atoms with Crippen LogP contribution in [0, 0.1) is 0 Å². The Hall–Kier alpha value is -2.28. The molecule has 1 amide bonds. The zero-order valence-electron chi connectivity index (χ0n) is 18.9. The molecule has 2 rings (SSSR count). The highest BCUT2D eigenvalue weighted by molar-refractivity contribution is 5.80. The third-order valence-electron chi connectivity index (χ3n) is 5.17. The number of aliphatic imine (C=N–C) groups is 1. The molecule has 0 atom stereocenters. The summed E-state index contributed by atoms with van der Waals surface area (Å²) in [6.07, 6.45) is 4.92. The van der Waals surface area contributed by atoms with Crippen molar-refractivity contribution in [2.45, 2.75) is 52.0 Å². The van der Waals surface area contributed by atoms with Crippen LogP contribution in [0.25, 0.3) is 0 Å². The van der Waals surface area contributed by atoms with E-state index in [4.69, 9.17) is 4.74 Å². The lowest BCUT2D eigenvalue weighted by atomic mass is 10.1. The molecular weight excluding hydrogens is 378 g/mol. The summed E-state index contributed by atoms with van der Waals surface area (Å²) in [6, 6.07) is 8.68. The van der Waals surface area contributed by atoms with Crippen LogP contribution in [0.5, 0.6) is 5.75 Å². The molecule has 0 aliphatic carbocycles. The number of ether oxygens (including phenoxy) is 1. The van der Waals surface area contributed by atoms with Crippen LogP contribution < -0.4 is 20.7 Å². The molecule has 0 saturated carbocycles. The van der Waals surface area contributed by atoms with Crippen LogP contribution in [-0.4, -0.2) is 69.2 Å². The standard InChI is InChI=1S/C23H39N5O2/c1-4-12-25-22(29)18-28-14-10-20(11-15-28)27-23(24-3)26-13-9-19-7-6-8-21(17-19)30-16-5-2/h6-8,17,20H,4-5,9-16,18H2,1-3H3,(H,25,29)(H2,24,26,27). The second-order valence-electron chi connectivity index (χ2n) is 7.79. The second-order valence-corrected chi connectivity index (χ2v) is 7.79. The highest BCUT2D eigenvalue weighted by Gasteiger charge is 2.21. The van der Waals surface area contributed by atoms with Gasteiger partial charge in [0.05, 0.1) is 13.2 Å². The van der Waals surface area contributed by atoms with E-state index in [2.05, 4.69) is 51.8 Å². The van der Waals surface area contributed by atoms with Crippen LogP contribution in [0.3, 0.4) is 0 Å². The van der Waals surface area contributed by atoms with Gasteiger partial charge in [-0.05, 0) is 49.8 Å². The Morgan fingerprint density at radius 1 is 1.17 bits per heavy atom. The average Bonchev–Trinajstić information content (AvgIpc) is 2.77. The smallest absolute Gasteiger partial charge is 0.234 e. The SMILES string of the molecule is CCCNC(=O)CN1CCC(NC(=NC)NCCc2cccc(OCCC)c2)CC1. The minimum atomic E-state index is 0.130. The van der Waals surface area contributed by atoms with Crippen LogP contribution in [-0.2, 0) is 11.2 Å². The van der Waals surface area contributed by atoms with E-state index in [0.717, 1.165) is 76.6 Å². The molecule has 1 aromatic carbocycles. The fourth-order valence-electron chi connectivity index (χ4n) is 3.48. The van der Waals surface area contributed by atoms with Crippen molar-refractivity contribution in [3.05, 3.63) is 29.8 Å². The Morgan fingerprint density at radius 2 is 1.97 bits per heavy atom. The number of carbonyl (C=O) groups excluding carboxylic acids is 1. The van der Waals surface area contributed by atoms with E-state index in [1.807, 2.05) is 19.2 Å². The number of nitrogens with one attached hydrogen (secondary N) is 3. The summed E-state index contributed by atoms with van der Waals surface area (Å²) in [4.78, 5) is 18.5. The van der Waals surface area contributed by atoms with Gasteiger partial charge in [0.2, 0.25) is 5.91 Å². The molecule has 1 heterocycles. The molecule has 1 aromatic rings. The van der Waals surface area contributed by atoms with Crippen molar-refractivity contribution in [3.8, 4) is 5.75 Å². The van der Waals surface area contributed by atoms with Gasteiger partial charge < -0.3 is 20.7 Å². The highest BCUT2D eigenvalue weighted by Crippen LogP contribution is 2.14. The van der Waals surface area contributed by atoms with Gasteiger partial charge in [0.15, 0.2) is 5.96 Å². The van der Waals surface area contributed by atoms with Gasteiger partial charge in [0.25, 0.3) is 0 Å². The maximum atomic E-state index is 11.9. The zero-order valence-corrected chi connectivity index (χ0v) is 18.9. The summed E-state index contributed by atoms with van der Waals surface area (Å²) in [5.41, 5.74) is 1.25. The fourth-order valence-corrected chi connectivity index (χ4v) is 3.48. The molecule has 0 radical (unpaired) electrons. The van der Waals surface area contributed by atoms with Crippen LogP contribution in [0.2, 0.25) is 0 Å². The monoisotopic (exact) mass is 417 g/mol. The summed E-state index contributed by atoms with van der Waals surface area (Å²) in [5.74, 6) is 1.91. The van der Waals surface area contributed by atoms with Crippen LogP contribution in [0.1, 0.15) is 45.1 Å². The number of amides is 1. The van der Waals surface area contributed by atoms with Crippen molar-refractivity contribution in [3.63, 3.8) is 0 Å². The fraction of sp³-hybridized carbons (Fsp3) is 0.652. The second kappa shape index (κ2) is 13.9. The molecule has 7 nitrogen and oxygen atoms in total. The zero-order chi connectivity index (χ0) is 21.6. The molecule has 168 valence electrons. The maximum absolute atomic E-state index is 11.9. The Kier molecular flexibility index (Phi) is 11.1. The normalized spacial score (nSPS) is 15.6. The summed E-state index contributed by atoms with van der Waals surface area (Å²) >= 11 is 0. The molecule has 0 bridgehead atoms. The quantitative estimate of drug-likeness (QED) is 0.380. The molecule has 30 heavy (non-hydrogen) atoms. The molecular formula is C23H39N5O2. The molecule has 7 heteroatoms. The summed E-state index contributed by atoms with van der Waals surface area (Å²) in [7, 11) is 1.81. The number of nitrogens with zero attached hydrogens (tertiary/aromatic N) is 2. The number of carbonyl (C=O) groups is 1. The van der Waals surface area contributed by atoms with E-state index < -0.39 is 0 Å². The van der Waals surface area contributed by atoms with Crippen molar-refractivity contribution in [1.29, 1.82) is 0 Å². The Balaban J connectivity index is 1.67. The first-order chi connectivity index (χ1) is 14.6. The van der Waals surface area contributed by atoms with Crippen molar-refractivity contribution >= 4 is 11.9 Å². The maximum Gasteiger partial charge on any atom is 0.234 e. The van der Waals surface area contributed by atoms with Crippen LogP contribution in [0.4, 0.5) is 0 Å². The lowest BCUT2D eigenvalue weighted by molar-refractivity contribution is -0.122. The number of hydrogen-bond acceptors (Lipinski definition) is 4. The summed E-state index contributed by atoms with van der Waals surface area (Å²) in [5, 5.41) is 9.89. The Bertz CT molecular complexity index is 657. The third kappa shape index (κ3) is 9.03. The first-order valence-corrected chi connectivity index (χ1v) is 11.3. The van der Waals surface area contributed by atoms with Gasteiger partial charge in [0.1, 0.15) is 5.75 Å². The van der Waals surface area contributed by atoms with Crippen LogP contribution in [0.15, 0.2) is 29.3 Å². The predicted octanol–water partition coefficient (Wildman–Crippen LogP) is 2.17. The number of likely N-dealkylation sites (tertiary alicyclic amines) is 1. The van der Waals surface area contributed by atoms with Gasteiger partial charge in [-0.3, -0.25) is 14.7 Å². The van der Waals surface area contributed by atoms with Gasteiger partial charge in [-0.2, -0.15) is 0 Å². The molecule has 0 spiro atoms.